The Morgan fingerprint density at radius 1 is 1.38 bits per heavy atom. The Kier molecular flexibility index (Phi) is 8.02. The molecule has 0 spiro atoms. The summed E-state index contributed by atoms with van der Waals surface area (Å²) in [5.41, 5.74) is 0.924. The second-order valence-electron chi connectivity index (χ2n) is 4.96. The molecular formula is C14H25IN4O2. The number of nitrogens with zero attached hydrogens (tertiary/aromatic N) is 2. The highest BCUT2D eigenvalue weighted by molar-refractivity contribution is 14.0. The molecule has 2 N–H and O–H groups in total. The molecule has 1 saturated heterocycles. The van der Waals surface area contributed by atoms with E-state index in [0.717, 1.165) is 50.0 Å². The third-order valence-electron chi connectivity index (χ3n) is 3.31. The summed E-state index contributed by atoms with van der Waals surface area (Å²) in [6.07, 6.45) is 2.56. The largest absolute Gasteiger partial charge is 0.444 e. The average Bonchev–Trinajstić information content (AvgIpc) is 3.04. The monoisotopic (exact) mass is 408 g/mol. The number of rotatable bonds is 5. The van der Waals surface area contributed by atoms with Crippen molar-refractivity contribution >= 4 is 29.9 Å². The first-order valence-corrected chi connectivity index (χ1v) is 7.25. The number of aromatic nitrogens is 1. The van der Waals surface area contributed by atoms with E-state index < -0.39 is 0 Å². The van der Waals surface area contributed by atoms with Crippen LogP contribution in [-0.2, 0) is 11.3 Å². The predicted molar refractivity (Wildman–Crippen MR) is 93.2 cm³/mol. The zero-order valence-electron chi connectivity index (χ0n) is 12.9. The molecule has 0 radical (unpaired) electrons. The van der Waals surface area contributed by atoms with Gasteiger partial charge in [0.1, 0.15) is 12.3 Å². The molecule has 1 unspecified atom stereocenters. The van der Waals surface area contributed by atoms with E-state index in [0.29, 0.717) is 18.5 Å². The van der Waals surface area contributed by atoms with E-state index in [9.17, 15) is 0 Å². The smallest absolute Gasteiger partial charge is 0.216 e. The Balaban J connectivity index is 0.00000220. The van der Waals surface area contributed by atoms with Gasteiger partial charge in [-0.05, 0) is 33.6 Å². The summed E-state index contributed by atoms with van der Waals surface area (Å²) in [5.74, 6) is 2.28. The van der Waals surface area contributed by atoms with Crippen LogP contribution >= 0.6 is 24.0 Å². The number of halogens is 1. The van der Waals surface area contributed by atoms with Crippen LogP contribution in [0.3, 0.4) is 0 Å². The Morgan fingerprint density at radius 3 is 2.76 bits per heavy atom. The molecule has 1 aliphatic rings. The number of guanidine groups is 1. The van der Waals surface area contributed by atoms with Crippen molar-refractivity contribution in [1.29, 1.82) is 0 Å². The minimum Gasteiger partial charge on any atom is -0.444 e. The highest BCUT2D eigenvalue weighted by Gasteiger charge is 2.15. The van der Waals surface area contributed by atoms with Gasteiger partial charge in [-0.2, -0.15) is 0 Å². The normalized spacial score (nSPS) is 18.4. The molecule has 0 saturated carbocycles. The minimum atomic E-state index is 0. The van der Waals surface area contributed by atoms with Gasteiger partial charge in [-0.1, -0.05) is 0 Å². The third kappa shape index (κ3) is 5.82. The summed E-state index contributed by atoms with van der Waals surface area (Å²) >= 11 is 0. The lowest BCUT2D eigenvalue weighted by molar-refractivity contribution is 0.114. The van der Waals surface area contributed by atoms with Crippen molar-refractivity contribution in [3.8, 4) is 0 Å². The van der Waals surface area contributed by atoms with Gasteiger partial charge >= 0.3 is 0 Å². The molecule has 1 aromatic heterocycles. The topological polar surface area (TPSA) is 71.7 Å². The lowest BCUT2D eigenvalue weighted by atomic mass is 10.2. The van der Waals surface area contributed by atoms with Crippen molar-refractivity contribution in [3.05, 3.63) is 17.3 Å². The van der Waals surface area contributed by atoms with Crippen LogP contribution in [0.4, 0.5) is 0 Å². The Bertz CT molecular complexity index is 436. The molecular weight excluding hydrogens is 383 g/mol. The number of aliphatic imine (C=N–C) groups is 1. The summed E-state index contributed by atoms with van der Waals surface area (Å²) in [6, 6.07) is 0. The van der Waals surface area contributed by atoms with Crippen LogP contribution in [0.15, 0.2) is 9.41 Å². The molecule has 1 atom stereocenters. The molecule has 2 rings (SSSR count). The standard InChI is InChI=1S/C14H24N4O2.HI/c1-4-15-14(16-8-12-6-5-7-19-12)17-9-13-18-10(2)11(3)20-13;/h12H,4-9H2,1-3H3,(H2,15,16,17);1H. The number of hydrogen-bond donors (Lipinski definition) is 2. The fourth-order valence-electron chi connectivity index (χ4n) is 2.11. The maximum absolute atomic E-state index is 5.59. The summed E-state index contributed by atoms with van der Waals surface area (Å²) in [4.78, 5) is 8.81. The van der Waals surface area contributed by atoms with Crippen LogP contribution in [0.1, 0.15) is 37.1 Å². The second kappa shape index (κ2) is 9.24. The Morgan fingerprint density at radius 2 is 2.19 bits per heavy atom. The van der Waals surface area contributed by atoms with Crippen LogP contribution < -0.4 is 10.6 Å². The summed E-state index contributed by atoms with van der Waals surface area (Å²) in [7, 11) is 0. The van der Waals surface area contributed by atoms with Gasteiger partial charge in [0.15, 0.2) is 5.96 Å². The van der Waals surface area contributed by atoms with Gasteiger partial charge < -0.3 is 19.8 Å². The van der Waals surface area contributed by atoms with Crippen molar-refractivity contribution in [2.75, 3.05) is 19.7 Å². The number of aryl methyl sites for hydroxylation is 2. The lowest BCUT2D eigenvalue weighted by Gasteiger charge is -2.14. The third-order valence-corrected chi connectivity index (χ3v) is 3.31. The first-order chi connectivity index (χ1) is 9.69. The Hall–Kier alpha value is -0.830. The fourth-order valence-corrected chi connectivity index (χ4v) is 2.11. The van der Waals surface area contributed by atoms with Gasteiger partial charge in [-0.25, -0.2) is 9.98 Å². The average molecular weight is 408 g/mol. The van der Waals surface area contributed by atoms with E-state index in [1.807, 2.05) is 20.8 Å². The zero-order valence-corrected chi connectivity index (χ0v) is 15.3. The highest BCUT2D eigenvalue weighted by Crippen LogP contribution is 2.11. The Labute approximate surface area is 143 Å². The summed E-state index contributed by atoms with van der Waals surface area (Å²) in [5, 5.41) is 6.51. The first kappa shape index (κ1) is 18.2. The molecule has 0 aliphatic carbocycles. The molecule has 21 heavy (non-hydrogen) atoms. The molecule has 6 nitrogen and oxygen atoms in total. The maximum Gasteiger partial charge on any atom is 0.216 e. The van der Waals surface area contributed by atoms with Gasteiger partial charge in [-0.15, -0.1) is 24.0 Å². The molecule has 120 valence electrons. The van der Waals surface area contributed by atoms with Crippen molar-refractivity contribution in [3.63, 3.8) is 0 Å². The molecule has 1 aromatic rings. The number of hydrogen-bond acceptors (Lipinski definition) is 4. The van der Waals surface area contributed by atoms with E-state index >= 15 is 0 Å². The van der Waals surface area contributed by atoms with Crippen molar-refractivity contribution in [2.24, 2.45) is 4.99 Å². The van der Waals surface area contributed by atoms with Crippen LogP contribution in [0, 0.1) is 13.8 Å². The molecule has 2 heterocycles. The lowest BCUT2D eigenvalue weighted by Crippen LogP contribution is -2.41. The van der Waals surface area contributed by atoms with Gasteiger partial charge in [0.2, 0.25) is 5.89 Å². The molecule has 1 aliphatic heterocycles. The van der Waals surface area contributed by atoms with E-state index in [1.165, 1.54) is 0 Å². The fraction of sp³-hybridized carbons (Fsp3) is 0.714. The quantitative estimate of drug-likeness (QED) is 0.444. The number of ether oxygens (including phenoxy) is 1. The van der Waals surface area contributed by atoms with Crippen molar-refractivity contribution in [1.82, 2.24) is 15.6 Å². The van der Waals surface area contributed by atoms with Crippen LogP contribution in [-0.4, -0.2) is 36.7 Å². The summed E-state index contributed by atoms with van der Waals surface area (Å²) < 4.78 is 11.1. The van der Waals surface area contributed by atoms with Crippen LogP contribution in [0.5, 0.6) is 0 Å². The molecule has 0 aromatic carbocycles. The van der Waals surface area contributed by atoms with Crippen molar-refractivity contribution in [2.45, 2.75) is 46.3 Å². The van der Waals surface area contributed by atoms with E-state index in [-0.39, 0.29) is 24.0 Å². The highest BCUT2D eigenvalue weighted by atomic mass is 127. The van der Waals surface area contributed by atoms with E-state index in [4.69, 9.17) is 9.15 Å². The summed E-state index contributed by atoms with van der Waals surface area (Å²) in [6.45, 7) is 8.81. The van der Waals surface area contributed by atoms with Crippen LogP contribution in [0.2, 0.25) is 0 Å². The SMILES string of the molecule is CCNC(=NCc1nc(C)c(C)o1)NCC1CCCO1.I. The number of nitrogens with one attached hydrogen (secondary N) is 2. The van der Waals surface area contributed by atoms with Gasteiger partial charge in [-0.3, -0.25) is 0 Å². The first-order valence-electron chi connectivity index (χ1n) is 7.25. The van der Waals surface area contributed by atoms with Gasteiger partial charge in [0.25, 0.3) is 0 Å². The van der Waals surface area contributed by atoms with E-state index in [1.54, 1.807) is 0 Å². The van der Waals surface area contributed by atoms with E-state index in [2.05, 4.69) is 20.6 Å². The van der Waals surface area contributed by atoms with Crippen molar-refractivity contribution < 1.29 is 9.15 Å². The van der Waals surface area contributed by atoms with Gasteiger partial charge in [0.05, 0.1) is 11.8 Å². The van der Waals surface area contributed by atoms with Crippen LogP contribution in [0.25, 0.3) is 0 Å². The predicted octanol–water partition coefficient (Wildman–Crippen LogP) is 2.14. The zero-order chi connectivity index (χ0) is 14.4. The minimum absolute atomic E-state index is 0. The van der Waals surface area contributed by atoms with Gasteiger partial charge in [0, 0.05) is 19.7 Å². The molecule has 1 fully saturated rings. The molecule has 0 bridgehead atoms. The second-order valence-corrected chi connectivity index (χ2v) is 4.96. The number of oxazole rings is 1. The molecule has 0 amide bonds. The molecule has 7 heteroatoms. The maximum atomic E-state index is 5.59.